The maximum absolute atomic E-state index is 4.75. The highest BCUT2D eigenvalue weighted by atomic mass is 28.3. The minimum absolute atomic E-state index is 1.02. The average Bonchev–Trinajstić information content (AvgIpc) is 2.69. The van der Waals surface area contributed by atoms with Gasteiger partial charge >= 0.3 is 0 Å². The van der Waals surface area contributed by atoms with E-state index in [0.29, 0.717) is 0 Å². The van der Waals surface area contributed by atoms with E-state index in [9.17, 15) is 0 Å². The van der Waals surface area contributed by atoms with Crippen LogP contribution in [0.1, 0.15) is 99.3 Å². The molecule has 30 heavy (non-hydrogen) atoms. The van der Waals surface area contributed by atoms with Gasteiger partial charge in [-0.25, -0.2) is 0 Å². The zero-order valence-electron chi connectivity index (χ0n) is 21.8. The van der Waals surface area contributed by atoms with Gasteiger partial charge in [0.15, 0.2) is 0 Å². The zero-order valence-corrected chi connectivity index (χ0v) is 23.8. The molecule has 1 nitrogen and oxygen atoms in total. The molecule has 0 unspecified atom stereocenters. The maximum atomic E-state index is 4.75. The normalized spacial score (nSPS) is 12.6. The molecule has 0 aliphatic carbocycles. The van der Waals surface area contributed by atoms with Crippen molar-refractivity contribution in [2.24, 2.45) is 4.99 Å². The van der Waals surface area contributed by atoms with Crippen LogP contribution >= 0.6 is 0 Å². The molecular weight excluding hydrogens is 394 g/mol. The number of unbranched alkanes of at least 4 members (excludes halogenated alkanes) is 3. The summed E-state index contributed by atoms with van der Waals surface area (Å²) < 4.78 is 0. The second-order valence-electron chi connectivity index (χ2n) is 9.91. The smallest absolute Gasteiger partial charge is 0.0807 e. The number of rotatable bonds is 20. The Bertz CT molecular complexity index is 483. The molecule has 0 atom stereocenters. The highest BCUT2D eigenvalue weighted by Crippen LogP contribution is 2.33. The monoisotopic (exact) mass is 449 g/mol. The summed E-state index contributed by atoms with van der Waals surface area (Å²) in [6.45, 7) is 23.8. The largest absolute Gasteiger partial charge is 0.298 e. The van der Waals surface area contributed by atoms with Crippen LogP contribution in [0.25, 0.3) is 0 Å². The number of allylic oxidation sites excluding steroid dienone is 2. The van der Waals surface area contributed by atoms with Gasteiger partial charge < -0.3 is 0 Å². The molecule has 0 aromatic heterocycles. The van der Waals surface area contributed by atoms with Gasteiger partial charge in [0.2, 0.25) is 0 Å². The molecule has 0 aliphatic rings. The van der Waals surface area contributed by atoms with Crippen LogP contribution in [-0.4, -0.2) is 28.9 Å². The van der Waals surface area contributed by atoms with Crippen LogP contribution in [0.3, 0.4) is 0 Å². The highest BCUT2D eigenvalue weighted by Gasteiger charge is 2.31. The molecule has 0 saturated carbocycles. The van der Waals surface area contributed by atoms with Crippen molar-refractivity contribution >= 4 is 22.4 Å². The molecule has 176 valence electrons. The van der Waals surface area contributed by atoms with Crippen LogP contribution in [0.2, 0.25) is 36.3 Å². The van der Waals surface area contributed by atoms with Crippen molar-refractivity contribution in [2.45, 2.75) is 136 Å². The van der Waals surface area contributed by atoms with Gasteiger partial charge in [-0.05, 0) is 38.9 Å². The van der Waals surface area contributed by atoms with Crippen molar-refractivity contribution in [1.82, 2.24) is 0 Å². The predicted octanol–water partition coefficient (Wildman–Crippen LogP) is 9.78. The van der Waals surface area contributed by atoms with Gasteiger partial charge in [0.05, 0.1) is 16.1 Å². The third-order valence-electron chi connectivity index (χ3n) is 7.30. The fourth-order valence-electron chi connectivity index (χ4n) is 5.49. The van der Waals surface area contributed by atoms with E-state index in [0.717, 1.165) is 6.54 Å². The van der Waals surface area contributed by atoms with E-state index < -0.39 is 16.1 Å². The van der Waals surface area contributed by atoms with Gasteiger partial charge in [0.25, 0.3) is 0 Å². The fourth-order valence-corrected chi connectivity index (χ4v) is 15.0. The van der Waals surface area contributed by atoms with Crippen LogP contribution in [0.15, 0.2) is 28.5 Å². The Balaban J connectivity index is 4.22. The molecule has 0 rings (SSSR count). The van der Waals surface area contributed by atoms with Crippen LogP contribution in [-0.2, 0) is 0 Å². The molecule has 3 heteroatoms. The second-order valence-corrected chi connectivity index (χ2v) is 19.7. The zero-order chi connectivity index (χ0) is 22.9. The van der Waals surface area contributed by atoms with Crippen molar-refractivity contribution in [3.05, 3.63) is 23.6 Å². The molecule has 0 saturated heterocycles. The quantitative estimate of drug-likeness (QED) is 0.0995. The number of hydrogen-bond acceptors (Lipinski definition) is 1. The summed E-state index contributed by atoms with van der Waals surface area (Å²) in [4.78, 5) is 4.75. The first kappa shape index (κ1) is 29.6. The van der Waals surface area contributed by atoms with E-state index in [2.05, 4.69) is 60.9 Å². The van der Waals surface area contributed by atoms with E-state index in [-0.39, 0.29) is 0 Å². The van der Waals surface area contributed by atoms with Crippen LogP contribution in [0, 0.1) is 0 Å². The molecule has 0 aromatic carbocycles. The molecule has 0 aromatic rings. The molecule has 0 aliphatic heterocycles. The van der Waals surface area contributed by atoms with Gasteiger partial charge in [0, 0.05) is 6.54 Å². The van der Waals surface area contributed by atoms with Gasteiger partial charge in [-0.1, -0.05) is 113 Å². The van der Waals surface area contributed by atoms with E-state index in [1.807, 2.05) is 0 Å². The Labute approximate surface area is 193 Å². The number of nitrogens with zero attached hydrogens (tertiary/aromatic N) is 1. The first-order valence-corrected chi connectivity index (χ1v) is 18.4. The topological polar surface area (TPSA) is 12.4 Å². The minimum atomic E-state index is -1.29. The van der Waals surface area contributed by atoms with Gasteiger partial charge in [-0.3, -0.25) is 4.99 Å². The van der Waals surface area contributed by atoms with Crippen molar-refractivity contribution in [3.8, 4) is 0 Å². The Hall–Kier alpha value is -0.416. The van der Waals surface area contributed by atoms with Crippen molar-refractivity contribution in [3.63, 3.8) is 0 Å². The van der Waals surface area contributed by atoms with E-state index in [1.165, 1.54) is 99.2 Å². The SMILES string of the molecule is C=C(C)[Si](CCC)(CCC)CCC=NCCCCCC[Si](CCC)(CCC)C(=C)C. The van der Waals surface area contributed by atoms with E-state index >= 15 is 0 Å². The second kappa shape index (κ2) is 17.2. The Kier molecular flexibility index (Phi) is 16.9. The lowest BCUT2D eigenvalue weighted by molar-refractivity contribution is 0.669. The number of hydrogen-bond donors (Lipinski definition) is 0. The highest BCUT2D eigenvalue weighted by molar-refractivity contribution is 6.86. The maximum Gasteiger partial charge on any atom is 0.0807 e. The molecule has 0 amide bonds. The minimum Gasteiger partial charge on any atom is -0.298 e. The molecule has 0 N–H and O–H groups in total. The molecule has 0 radical (unpaired) electrons. The van der Waals surface area contributed by atoms with Gasteiger partial charge in [0.1, 0.15) is 0 Å². The third-order valence-corrected chi connectivity index (χ3v) is 19.3. The fraction of sp³-hybridized carbons (Fsp3) is 0.815. The van der Waals surface area contributed by atoms with Crippen molar-refractivity contribution in [2.75, 3.05) is 6.54 Å². The van der Waals surface area contributed by atoms with Gasteiger partial charge in [-0.15, -0.1) is 13.2 Å². The van der Waals surface area contributed by atoms with Gasteiger partial charge in [-0.2, -0.15) is 0 Å². The number of aliphatic imine (C=N–C) groups is 1. The molecule has 0 spiro atoms. The summed E-state index contributed by atoms with van der Waals surface area (Å²) in [6.07, 6.45) is 14.1. The summed E-state index contributed by atoms with van der Waals surface area (Å²) in [5.74, 6) is 0. The summed E-state index contributed by atoms with van der Waals surface area (Å²) in [7, 11) is -2.52. The first-order chi connectivity index (χ1) is 14.3. The summed E-state index contributed by atoms with van der Waals surface area (Å²) in [5.41, 5.74) is 0. The summed E-state index contributed by atoms with van der Waals surface area (Å²) in [5, 5.41) is 3.07. The summed E-state index contributed by atoms with van der Waals surface area (Å²) in [6, 6.07) is 8.55. The van der Waals surface area contributed by atoms with E-state index in [1.54, 1.807) is 5.20 Å². The standard InChI is InChI=1S/C27H55NSi2/c1-9-20-29(21-10-2,26(5)6)24-16-14-13-15-18-28-19-17-25-30(22-11-3,23-12-4)27(7)8/h19H,5,7,9-18,20-25H2,1-4,6,8H3. The molecule has 0 bridgehead atoms. The van der Waals surface area contributed by atoms with Crippen LogP contribution < -0.4 is 0 Å². The predicted molar refractivity (Wildman–Crippen MR) is 148 cm³/mol. The Morgan fingerprint density at radius 3 is 1.50 bits per heavy atom. The molecule has 0 fully saturated rings. The third kappa shape index (κ3) is 10.7. The summed E-state index contributed by atoms with van der Waals surface area (Å²) >= 11 is 0. The van der Waals surface area contributed by atoms with Crippen LogP contribution in [0.4, 0.5) is 0 Å². The van der Waals surface area contributed by atoms with Crippen LogP contribution in [0.5, 0.6) is 0 Å². The lowest BCUT2D eigenvalue weighted by Gasteiger charge is -2.32. The Morgan fingerprint density at radius 2 is 1.07 bits per heavy atom. The average molecular weight is 450 g/mol. The van der Waals surface area contributed by atoms with Crippen molar-refractivity contribution in [1.29, 1.82) is 0 Å². The van der Waals surface area contributed by atoms with Crippen molar-refractivity contribution < 1.29 is 0 Å². The lowest BCUT2D eigenvalue weighted by atomic mass is 10.2. The lowest BCUT2D eigenvalue weighted by Crippen LogP contribution is -2.35. The van der Waals surface area contributed by atoms with E-state index in [4.69, 9.17) is 4.99 Å². The Morgan fingerprint density at radius 1 is 0.633 bits per heavy atom. The first-order valence-electron chi connectivity index (χ1n) is 13.1. The molecule has 0 heterocycles. The molecular formula is C27H55NSi2.